The van der Waals surface area contributed by atoms with Crippen molar-refractivity contribution in [1.29, 1.82) is 0 Å². The van der Waals surface area contributed by atoms with Crippen molar-refractivity contribution in [2.45, 2.75) is 30.5 Å². The molecule has 0 spiro atoms. The van der Waals surface area contributed by atoms with Gasteiger partial charge in [-0.1, -0.05) is 17.7 Å². The van der Waals surface area contributed by atoms with E-state index in [9.17, 15) is 17.4 Å². The number of nitrogens with two attached hydrogens (primary N) is 1. The van der Waals surface area contributed by atoms with Gasteiger partial charge in [0.15, 0.2) is 0 Å². The molecule has 1 aliphatic rings. The van der Waals surface area contributed by atoms with Crippen molar-refractivity contribution in [3.63, 3.8) is 0 Å². The molecule has 0 saturated heterocycles. The van der Waals surface area contributed by atoms with Crippen LogP contribution in [0.25, 0.3) is 0 Å². The van der Waals surface area contributed by atoms with Gasteiger partial charge in [-0.25, -0.2) is 12.8 Å². The van der Waals surface area contributed by atoms with Crippen LogP contribution in [0.5, 0.6) is 0 Å². The molecule has 2 rings (SSSR count). The lowest BCUT2D eigenvalue weighted by molar-refractivity contribution is 0.463. The average molecular weight is 246 g/mol. The molecule has 0 amide bonds. The van der Waals surface area contributed by atoms with Gasteiger partial charge in [-0.2, -0.15) is 0 Å². The fourth-order valence-electron chi connectivity index (χ4n) is 0.886. The van der Waals surface area contributed by atoms with Gasteiger partial charge in [-0.15, -0.1) is 0 Å². The van der Waals surface area contributed by atoms with Gasteiger partial charge < -0.3 is 10.3 Å². The van der Waals surface area contributed by atoms with Gasteiger partial charge >= 0.3 is 0 Å². The molecule has 1 fully saturated rings. The second-order valence-corrected chi connectivity index (χ2v) is 5.06. The van der Waals surface area contributed by atoms with Crippen molar-refractivity contribution in [2.24, 2.45) is 5.73 Å². The molecule has 0 bridgehead atoms. The van der Waals surface area contributed by atoms with E-state index in [2.05, 4.69) is 0 Å². The van der Waals surface area contributed by atoms with Crippen LogP contribution >= 0.6 is 0 Å². The quantitative estimate of drug-likeness (QED) is 0.748. The van der Waals surface area contributed by atoms with Gasteiger partial charge in [0.25, 0.3) is 0 Å². The molecule has 0 aromatic heterocycles. The number of benzene rings is 1. The lowest BCUT2D eigenvalue weighted by Crippen LogP contribution is -2.00. The van der Waals surface area contributed by atoms with Crippen LogP contribution in [-0.2, 0) is 10.1 Å². The van der Waals surface area contributed by atoms with E-state index in [4.69, 9.17) is 5.73 Å². The van der Waals surface area contributed by atoms with Crippen molar-refractivity contribution < 1.29 is 17.4 Å². The molecular formula is C10H13FNO3S-. The number of hydrogen-bond donors (Lipinski definition) is 1. The summed E-state index contributed by atoms with van der Waals surface area (Å²) in [6, 6.07) is 5.67. The number of rotatable bonds is 1. The number of halogens is 1. The van der Waals surface area contributed by atoms with Gasteiger partial charge in [0.2, 0.25) is 0 Å². The normalized spacial score (nSPS) is 23.2. The minimum Gasteiger partial charge on any atom is -0.744 e. The predicted octanol–water partition coefficient (Wildman–Crippen LogP) is 0.955. The number of hydrogen-bond acceptors (Lipinski definition) is 4. The Morgan fingerprint density at radius 3 is 2.00 bits per heavy atom. The van der Waals surface area contributed by atoms with Crippen molar-refractivity contribution >= 4 is 10.1 Å². The first-order chi connectivity index (χ1) is 7.30. The molecule has 1 saturated carbocycles. The first kappa shape index (κ1) is 13.1. The Kier molecular flexibility index (Phi) is 4.01. The van der Waals surface area contributed by atoms with E-state index >= 15 is 0 Å². The van der Waals surface area contributed by atoms with Crippen molar-refractivity contribution in [3.8, 4) is 0 Å². The molecule has 4 nitrogen and oxygen atoms in total. The van der Waals surface area contributed by atoms with E-state index < -0.39 is 16.3 Å². The summed E-state index contributed by atoms with van der Waals surface area (Å²) in [6.07, 6.45) is -0.0880. The summed E-state index contributed by atoms with van der Waals surface area (Å²) in [7, 11) is -4.27. The largest absolute Gasteiger partial charge is 0.744 e. The number of aryl methyl sites for hydroxylation is 1. The average Bonchev–Trinajstić information content (AvgIpc) is 2.79. The zero-order chi connectivity index (χ0) is 12.3. The third-order valence-corrected chi connectivity index (χ3v) is 2.92. The monoisotopic (exact) mass is 246 g/mol. The molecular weight excluding hydrogens is 233 g/mol. The summed E-state index contributed by atoms with van der Waals surface area (Å²) >= 11 is 0. The zero-order valence-corrected chi connectivity index (χ0v) is 9.58. The number of alkyl halides is 1. The summed E-state index contributed by atoms with van der Waals surface area (Å²) in [5.41, 5.74) is 5.92. The maximum absolute atomic E-state index is 11.4. The van der Waals surface area contributed by atoms with Crippen LogP contribution in [0.15, 0.2) is 29.2 Å². The van der Waals surface area contributed by atoms with E-state index in [0.717, 1.165) is 5.56 Å². The first-order valence-electron chi connectivity index (χ1n) is 4.73. The highest BCUT2D eigenvalue weighted by atomic mass is 32.2. The maximum atomic E-state index is 11.4. The summed E-state index contributed by atoms with van der Waals surface area (Å²) in [4.78, 5) is -0.178. The highest BCUT2D eigenvalue weighted by Crippen LogP contribution is 2.21. The van der Waals surface area contributed by atoms with Gasteiger partial charge in [-0.05, 0) is 25.5 Å². The molecule has 90 valence electrons. The van der Waals surface area contributed by atoms with E-state index in [1.165, 1.54) is 12.1 Å². The van der Waals surface area contributed by atoms with E-state index in [0.29, 0.717) is 6.42 Å². The molecule has 1 aromatic rings. The minimum absolute atomic E-state index is 0.116. The van der Waals surface area contributed by atoms with Crippen LogP contribution in [-0.4, -0.2) is 25.2 Å². The maximum Gasteiger partial charge on any atom is 0.124 e. The van der Waals surface area contributed by atoms with Crippen LogP contribution in [0.4, 0.5) is 4.39 Å². The van der Waals surface area contributed by atoms with Crippen LogP contribution in [0.2, 0.25) is 0 Å². The van der Waals surface area contributed by atoms with Crippen molar-refractivity contribution in [2.75, 3.05) is 0 Å². The molecule has 0 radical (unpaired) electrons. The molecule has 0 heterocycles. The summed E-state index contributed by atoms with van der Waals surface area (Å²) < 4.78 is 42.5. The smallest absolute Gasteiger partial charge is 0.124 e. The standard InChI is InChI=1S/C7H8O3S.C3H6FN/c1-6-2-4-7(5-3-6)11(8,9)10;4-2-1-3(2)5/h2-5H,1H3,(H,8,9,10);2-3H,1,5H2/p-1. The van der Waals surface area contributed by atoms with E-state index in [1.54, 1.807) is 12.1 Å². The minimum atomic E-state index is -4.27. The molecule has 2 atom stereocenters. The molecule has 1 aliphatic carbocycles. The van der Waals surface area contributed by atoms with Crippen LogP contribution < -0.4 is 5.73 Å². The second kappa shape index (κ2) is 4.90. The second-order valence-electron chi connectivity index (χ2n) is 3.68. The van der Waals surface area contributed by atoms with Gasteiger partial charge in [-0.3, -0.25) is 0 Å². The Hall–Kier alpha value is -0.980. The predicted molar refractivity (Wildman–Crippen MR) is 56.6 cm³/mol. The Morgan fingerprint density at radius 2 is 1.75 bits per heavy atom. The first-order valence-corrected chi connectivity index (χ1v) is 6.14. The summed E-state index contributed by atoms with van der Waals surface area (Å²) in [6.45, 7) is 1.82. The fourth-order valence-corrected chi connectivity index (χ4v) is 1.36. The highest BCUT2D eigenvalue weighted by molar-refractivity contribution is 7.85. The molecule has 6 heteroatoms. The van der Waals surface area contributed by atoms with Crippen LogP contribution in [0, 0.1) is 6.92 Å². The Labute approximate surface area is 94.0 Å². The molecule has 2 unspecified atom stereocenters. The topological polar surface area (TPSA) is 83.2 Å². The van der Waals surface area contributed by atoms with Gasteiger partial charge in [0, 0.05) is 6.04 Å². The van der Waals surface area contributed by atoms with Gasteiger partial charge in [0.1, 0.15) is 16.3 Å². The third-order valence-electron chi connectivity index (χ3n) is 2.07. The molecule has 1 aromatic carbocycles. The lowest BCUT2D eigenvalue weighted by atomic mass is 10.2. The Morgan fingerprint density at radius 1 is 1.38 bits per heavy atom. The van der Waals surface area contributed by atoms with Crippen LogP contribution in [0.1, 0.15) is 12.0 Å². The van der Waals surface area contributed by atoms with E-state index in [1.807, 2.05) is 6.92 Å². The molecule has 2 N–H and O–H groups in total. The van der Waals surface area contributed by atoms with Crippen molar-refractivity contribution in [3.05, 3.63) is 29.8 Å². The summed E-state index contributed by atoms with van der Waals surface area (Å²) in [5.74, 6) is 0. The fraction of sp³-hybridized carbons (Fsp3) is 0.400. The summed E-state index contributed by atoms with van der Waals surface area (Å²) in [5, 5.41) is 0. The van der Waals surface area contributed by atoms with Gasteiger partial charge in [0.05, 0.1) is 4.90 Å². The lowest BCUT2D eigenvalue weighted by Gasteiger charge is -2.05. The van der Waals surface area contributed by atoms with E-state index in [-0.39, 0.29) is 10.9 Å². The Bertz CT molecular complexity index is 438. The van der Waals surface area contributed by atoms with Crippen molar-refractivity contribution in [1.82, 2.24) is 0 Å². The highest BCUT2D eigenvalue weighted by Gasteiger charge is 2.32. The zero-order valence-electron chi connectivity index (χ0n) is 8.76. The SMILES string of the molecule is Cc1ccc(S(=O)(=O)[O-])cc1.NC1CC1F. The van der Waals surface area contributed by atoms with Crippen LogP contribution in [0.3, 0.4) is 0 Å². The third kappa shape index (κ3) is 4.26. The Balaban J connectivity index is 0.000000212. The molecule has 16 heavy (non-hydrogen) atoms. The molecule has 0 aliphatic heterocycles.